The van der Waals surface area contributed by atoms with Crippen LogP contribution >= 0.6 is 0 Å². The SMILES string of the molecule is CC(NCC1CCCC1C)c1cccc(S(N)(=O)=O)c1. The van der Waals surface area contributed by atoms with E-state index in [0.29, 0.717) is 0 Å². The normalized spacial score (nSPS) is 24.8. The molecule has 3 N–H and O–H groups in total. The van der Waals surface area contributed by atoms with Gasteiger partial charge in [-0.2, -0.15) is 0 Å². The Morgan fingerprint density at radius 1 is 1.40 bits per heavy atom. The van der Waals surface area contributed by atoms with Crippen molar-refractivity contribution in [3.63, 3.8) is 0 Å². The Kier molecular flexibility index (Phi) is 4.83. The fourth-order valence-electron chi connectivity index (χ4n) is 2.93. The molecule has 0 aromatic heterocycles. The average molecular weight is 296 g/mol. The van der Waals surface area contributed by atoms with Crippen LogP contribution in [0.4, 0.5) is 0 Å². The molecule has 0 radical (unpaired) electrons. The summed E-state index contributed by atoms with van der Waals surface area (Å²) >= 11 is 0. The number of nitrogens with one attached hydrogen (secondary N) is 1. The van der Waals surface area contributed by atoms with Crippen molar-refractivity contribution in [2.24, 2.45) is 17.0 Å². The van der Waals surface area contributed by atoms with Gasteiger partial charge in [-0.3, -0.25) is 0 Å². The highest BCUT2D eigenvalue weighted by molar-refractivity contribution is 7.89. The first-order valence-electron chi connectivity index (χ1n) is 7.24. The van der Waals surface area contributed by atoms with Crippen LogP contribution in [-0.2, 0) is 10.0 Å². The van der Waals surface area contributed by atoms with Crippen molar-refractivity contribution < 1.29 is 8.42 Å². The van der Waals surface area contributed by atoms with Gasteiger partial charge in [0.25, 0.3) is 0 Å². The van der Waals surface area contributed by atoms with Gasteiger partial charge in [0.05, 0.1) is 4.90 Å². The van der Waals surface area contributed by atoms with Gasteiger partial charge >= 0.3 is 0 Å². The molecule has 0 amide bonds. The first kappa shape index (κ1) is 15.5. The van der Waals surface area contributed by atoms with E-state index in [1.807, 2.05) is 6.07 Å². The van der Waals surface area contributed by atoms with Gasteiger partial charge in [-0.25, -0.2) is 13.6 Å². The Hall–Kier alpha value is -0.910. The maximum atomic E-state index is 11.4. The molecule has 0 spiro atoms. The van der Waals surface area contributed by atoms with Gasteiger partial charge in [0.1, 0.15) is 0 Å². The third-order valence-corrected chi connectivity index (χ3v) is 5.32. The van der Waals surface area contributed by atoms with E-state index < -0.39 is 10.0 Å². The second kappa shape index (κ2) is 6.24. The summed E-state index contributed by atoms with van der Waals surface area (Å²) in [5.74, 6) is 1.52. The molecule has 3 atom stereocenters. The molecular weight excluding hydrogens is 272 g/mol. The number of benzene rings is 1. The molecule has 1 fully saturated rings. The van der Waals surface area contributed by atoms with E-state index in [0.717, 1.165) is 23.9 Å². The summed E-state index contributed by atoms with van der Waals surface area (Å²) in [6.45, 7) is 5.36. The average Bonchev–Trinajstić information content (AvgIpc) is 2.81. The zero-order chi connectivity index (χ0) is 14.8. The number of hydrogen-bond donors (Lipinski definition) is 2. The first-order chi connectivity index (χ1) is 9.38. The smallest absolute Gasteiger partial charge is 0.238 e. The number of hydrogen-bond acceptors (Lipinski definition) is 3. The van der Waals surface area contributed by atoms with Crippen molar-refractivity contribution in [1.29, 1.82) is 0 Å². The topological polar surface area (TPSA) is 72.2 Å². The molecular formula is C15H24N2O2S. The van der Waals surface area contributed by atoms with Gasteiger partial charge in [0.2, 0.25) is 10.0 Å². The highest BCUT2D eigenvalue weighted by atomic mass is 32.2. The van der Waals surface area contributed by atoms with Gasteiger partial charge in [-0.1, -0.05) is 31.9 Å². The summed E-state index contributed by atoms with van der Waals surface area (Å²) < 4.78 is 22.8. The molecule has 0 saturated heterocycles. The predicted molar refractivity (Wildman–Crippen MR) is 80.7 cm³/mol. The highest BCUT2D eigenvalue weighted by Crippen LogP contribution is 2.31. The highest BCUT2D eigenvalue weighted by Gasteiger charge is 2.23. The molecule has 0 aliphatic heterocycles. The predicted octanol–water partition coefficient (Wildman–Crippen LogP) is 2.42. The van der Waals surface area contributed by atoms with E-state index in [9.17, 15) is 8.42 Å². The second-order valence-corrected chi connectivity index (χ2v) is 7.48. The van der Waals surface area contributed by atoms with Crippen molar-refractivity contribution in [3.05, 3.63) is 29.8 Å². The minimum atomic E-state index is -3.63. The third-order valence-electron chi connectivity index (χ3n) is 4.41. The van der Waals surface area contributed by atoms with Gasteiger partial charge in [-0.15, -0.1) is 0 Å². The van der Waals surface area contributed by atoms with Crippen LogP contribution in [0.2, 0.25) is 0 Å². The second-order valence-electron chi connectivity index (χ2n) is 5.92. The van der Waals surface area contributed by atoms with Gasteiger partial charge < -0.3 is 5.32 Å². The molecule has 3 unspecified atom stereocenters. The van der Waals surface area contributed by atoms with Crippen LogP contribution in [0.25, 0.3) is 0 Å². The minimum absolute atomic E-state index is 0.129. The van der Waals surface area contributed by atoms with E-state index in [4.69, 9.17) is 5.14 Å². The van der Waals surface area contributed by atoms with Crippen molar-refractivity contribution in [2.45, 2.75) is 44.0 Å². The molecule has 1 aromatic rings. The monoisotopic (exact) mass is 296 g/mol. The molecule has 1 aromatic carbocycles. The van der Waals surface area contributed by atoms with Crippen LogP contribution in [0.3, 0.4) is 0 Å². The summed E-state index contributed by atoms with van der Waals surface area (Å²) in [6, 6.07) is 7.00. The van der Waals surface area contributed by atoms with Crippen LogP contribution in [0.5, 0.6) is 0 Å². The van der Waals surface area contributed by atoms with E-state index in [1.54, 1.807) is 12.1 Å². The molecule has 1 aliphatic carbocycles. The van der Waals surface area contributed by atoms with Crippen molar-refractivity contribution in [3.8, 4) is 0 Å². The quantitative estimate of drug-likeness (QED) is 0.876. The maximum Gasteiger partial charge on any atom is 0.238 e. The maximum absolute atomic E-state index is 11.4. The Labute approximate surface area is 121 Å². The molecule has 0 heterocycles. The Bertz CT molecular complexity index is 557. The lowest BCUT2D eigenvalue weighted by Gasteiger charge is -2.20. The minimum Gasteiger partial charge on any atom is -0.310 e. The van der Waals surface area contributed by atoms with Crippen LogP contribution < -0.4 is 10.5 Å². The molecule has 1 saturated carbocycles. The molecule has 0 bridgehead atoms. The van der Waals surface area contributed by atoms with Crippen LogP contribution in [0.15, 0.2) is 29.2 Å². The molecule has 1 aliphatic rings. The first-order valence-corrected chi connectivity index (χ1v) is 8.78. The van der Waals surface area contributed by atoms with Gasteiger partial charge in [0, 0.05) is 6.04 Å². The summed E-state index contributed by atoms with van der Waals surface area (Å²) in [5, 5.41) is 8.68. The summed E-state index contributed by atoms with van der Waals surface area (Å²) in [7, 11) is -3.63. The standard InChI is InChI=1S/C15H24N2O2S/c1-11-5-3-7-14(11)10-17-12(2)13-6-4-8-15(9-13)20(16,18)19/h4,6,8-9,11-12,14,17H,3,5,7,10H2,1-2H3,(H2,16,18,19). The Morgan fingerprint density at radius 3 is 2.75 bits per heavy atom. The van der Waals surface area contributed by atoms with Crippen molar-refractivity contribution in [2.75, 3.05) is 6.54 Å². The van der Waals surface area contributed by atoms with Crippen LogP contribution in [0, 0.1) is 11.8 Å². The Morgan fingerprint density at radius 2 is 2.15 bits per heavy atom. The largest absolute Gasteiger partial charge is 0.310 e. The molecule has 112 valence electrons. The van der Waals surface area contributed by atoms with Crippen molar-refractivity contribution in [1.82, 2.24) is 5.32 Å². The fraction of sp³-hybridized carbons (Fsp3) is 0.600. The van der Waals surface area contributed by atoms with E-state index in [-0.39, 0.29) is 10.9 Å². The summed E-state index contributed by atoms with van der Waals surface area (Å²) in [6.07, 6.45) is 3.93. The van der Waals surface area contributed by atoms with E-state index >= 15 is 0 Å². The zero-order valence-electron chi connectivity index (χ0n) is 12.2. The number of sulfonamides is 1. The fourth-order valence-corrected chi connectivity index (χ4v) is 3.50. The van der Waals surface area contributed by atoms with Crippen LogP contribution in [0.1, 0.15) is 44.7 Å². The van der Waals surface area contributed by atoms with E-state index in [1.165, 1.54) is 25.3 Å². The Balaban J connectivity index is 2.00. The number of rotatable bonds is 5. The van der Waals surface area contributed by atoms with Crippen LogP contribution in [-0.4, -0.2) is 15.0 Å². The third kappa shape index (κ3) is 3.81. The lowest BCUT2D eigenvalue weighted by atomic mass is 9.97. The molecule has 4 nitrogen and oxygen atoms in total. The molecule has 2 rings (SSSR count). The number of primary sulfonamides is 1. The zero-order valence-corrected chi connectivity index (χ0v) is 13.0. The lowest BCUT2D eigenvalue weighted by molar-refractivity contribution is 0.375. The molecule has 20 heavy (non-hydrogen) atoms. The van der Waals surface area contributed by atoms with Gasteiger partial charge in [0.15, 0.2) is 0 Å². The number of nitrogens with two attached hydrogens (primary N) is 1. The summed E-state index contributed by atoms with van der Waals surface area (Å²) in [4.78, 5) is 0.179. The van der Waals surface area contributed by atoms with Gasteiger partial charge in [-0.05, 0) is 49.4 Å². The lowest BCUT2D eigenvalue weighted by Crippen LogP contribution is -2.27. The molecule has 5 heteroatoms. The van der Waals surface area contributed by atoms with E-state index in [2.05, 4.69) is 19.2 Å². The van der Waals surface area contributed by atoms with Crippen molar-refractivity contribution >= 4 is 10.0 Å². The summed E-state index contributed by atoms with van der Waals surface area (Å²) in [5.41, 5.74) is 0.960.